The monoisotopic (exact) mass is 338 g/mol. The van der Waals surface area contributed by atoms with Crippen LogP contribution in [-0.2, 0) is 22.6 Å². The highest BCUT2D eigenvalue weighted by atomic mass is 16.5. The zero-order valence-electron chi connectivity index (χ0n) is 13.7. The van der Waals surface area contributed by atoms with E-state index in [0.717, 1.165) is 25.1 Å². The number of para-hydroxylation sites is 1. The molecular formula is C19H18N2O4. The van der Waals surface area contributed by atoms with E-state index in [1.807, 2.05) is 18.2 Å². The van der Waals surface area contributed by atoms with Gasteiger partial charge in [-0.25, -0.2) is 0 Å². The number of furan rings is 1. The molecule has 0 fully saturated rings. The van der Waals surface area contributed by atoms with Crippen molar-refractivity contribution in [1.29, 1.82) is 0 Å². The number of rotatable bonds is 5. The Kier molecular flexibility index (Phi) is 4.35. The second kappa shape index (κ2) is 6.94. The highest BCUT2D eigenvalue weighted by Gasteiger charge is 2.22. The third-order valence-corrected chi connectivity index (χ3v) is 4.21. The summed E-state index contributed by atoms with van der Waals surface area (Å²) in [6, 6.07) is 13.3. The van der Waals surface area contributed by atoms with Gasteiger partial charge in [0.05, 0.1) is 12.9 Å². The van der Waals surface area contributed by atoms with Gasteiger partial charge in [0.15, 0.2) is 5.76 Å². The Morgan fingerprint density at radius 2 is 2.12 bits per heavy atom. The van der Waals surface area contributed by atoms with Crippen molar-refractivity contribution in [2.24, 2.45) is 0 Å². The Morgan fingerprint density at radius 1 is 1.20 bits per heavy atom. The minimum atomic E-state index is -0.0399. The zero-order valence-corrected chi connectivity index (χ0v) is 13.7. The van der Waals surface area contributed by atoms with Gasteiger partial charge in [-0.2, -0.15) is 0 Å². The van der Waals surface area contributed by atoms with Crippen LogP contribution in [0.25, 0.3) is 11.5 Å². The van der Waals surface area contributed by atoms with E-state index in [1.54, 1.807) is 29.4 Å². The number of amides is 1. The van der Waals surface area contributed by atoms with Crippen molar-refractivity contribution < 1.29 is 18.5 Å². The zero-order chi connectivity index (χ0) is 17.1. The summed E-state index contributed by atoms with van der Waals surface area (Å²) in [5.41, 5.74) is 2.82. The van der Waals surface area contributed by atoms with Crippen molar-refractivity contribution in [3.05, 3.63) is 60.0 Å². The Labute approximate surface area is 145 Å². The molecule has 2 aromatic heterocycles. The molecule has 3 aromatic rings. The Hall–Kier alpha value is -2.86. The number of benzene rings is 1. The van der Waals surface area contributed by atoms with Gasteiger partial charge in [-0.15, -0.1) is 0 Å². The van der Waals surface area contributed by atoms with Crippen molar-refractivity contribution >= 4 is 11.6 Å². The predicted octanol–water partition coefficient (Wildman–Crippen LogP) is 3.43. The van der Waals surface area contributed by atoms with Gasteiger partial charge in [0.25, 0.3) is 5.91 Å². The number of fused-ring (bicyclic) bond motifs is 1. The van der Waals surface area contributed by atoms with Crippen molar-refractivity contribution in [1.82, 2.24) is 5.16 Å². The maximum atomic E-state index is 12.5. The third kappa shape index (κ3) is 3.34. The molecule has 4 rings (SSSR count). The van der Waals surface area contributed by atoms with Crippen LogP contribution in [0.4, 0.5) is 5.69 Å². The van der Waals surface area contributed by atoms with E-state index in [4.69, 9.17) is 13.7 Å². The highest BCUT2D eigenvalue weighted by Crippen LogP contribution is 2.26. The summed E-state index contributed by atoms with van der Waals surface area (Å²) in [6.45, 7) is 0.953. The molecule has 0 saturated heterocycles. The molecule has 1 aliphatic heterocycles. The molecular weight excluding hydrogens is 320 g/mol. The molecule has 6 heteroatoms. The summed E-state index contributed by atoms with van der Waals surface area (Å²) < 4.78 is 16.0. The number of nitrogens with zero attached hydrogens (tertiary/aromatic N) is 2. The summed E-state index contributed by atoms with van der Waals surface area (Å²) in [6.07, 6.45) is 3.55. The fourth-order valence-corrected chi connectivity index (χ4v) is 3.03. The molecule has 1 aliphatic rings. The molecule has 0 unspecified atom stereocenters. The minimum Gasteiger partial charge on any atom is -0.461 e. The van der Waals surface area contributed by atoms with Crippen LogP contribution in [-0.4, -0.2) is 24.2 Å². The number of carbonyl (C=O) groups is 1. The van der Waals surface area contributed by atoms with Gasteiger partial charge in [-0.05, 0) is 36.6 Å². The second-order valence-electron chi connectivity index (χ2n) is 5.93. The third-order valence-electron chi connectivity index (χ3n) is 4.21. The van der Waals surface area contributed by atoms with Crippen molar-refractivity contribution in [3.63, 3.8) is 0 Å². The molecule has 128 valence electrons. The predicted molar refractivity (Wildman–Crippen MR) is 91.0 cm³/mol. The van der Waals surface area contributed by atoms with Gasteiger partial charge in [-0.1, -0.05) is 23.4 Å². The number of ether oxygens (including phenoxy) is 1. The first kappa shape index (κ1) is 15.7. The standard InChI is InChI=1S/C19H18N2O4/c22-19(21-9-3-6-14-5-1-2-7-16(14)21)13-23-12-15-11-18(25-20-15)17-8-4-10-24-17/h1-2,4-5,7-8,10-11H,3,6,9,12-13H2. The Bertz CT molecular complexity index is 854. The van der Waals surface area contributed by atoms with E-state index >= 15 is 0 Å². The van der Waals surface area contributed by atoms with Crippen LogP contribution in [0.15, 0.2) is 57.7 Å². The van der Waals surface area contributed by atoms with Gasteiger partial charge in [-0.3, -0.25) is 4.79 Å². The topological polar surface area (TPSA) is 68.7 Å². The quantitative estimate of drug-likeness (QED) is 0.713. The molecule has 0 atom stereocenters. The van der Waals surface area contributed by atoms with E-state index in [1.165, 1.54) is 5.56 Å². The van der Waals surface area contributed by atoms with Gasteiger partial charge >= 0.3 is 0 Å². The summed E-state index contributed by atoms with van der Waals surface area (Å²) in [5, 5.41) is 3.93. The second-order valence-corrected chi connectivity index (χ2v) is 5.93. The fraction of sp³-hybridized carbons (Fsp3) is 0.263. The fourth-order valence-electron chi connectivity index (χ4n) is 3.03. The molecule has 3 heterocycles. The summed E-state index contributed by atoms with van der Waals surface area (Å²) in [5.74, 6) is 1.11. The average Bonchev–Trinajstić information content (AvgIpc) is 3.32. The lowest BCUT2D eigenvalue weighted by molar-refractivity contribution is -0.123. The molecule has 0 spiro atoms. The Balaban J connectivity index is 1.34. The largest absolute Gasteiger partial charge is 0.461 e. The molecule has 0 bridgehead atoms. The highest BCUT2D eigenvalue weighted by molar-refractivity contribution is 5.95. The van der Waals surface area contributed by atoms with E-state index in [2.05, 4.69) is 11.2 Å². The molecule has 6 nitrogen and oxygen atoms in total. The molecule has 0 radical (unpaired) electrons. The molecule has 1 amide bonds. The lowest BCUT2D eigenvalue weighted by Gasteiger charge is -2.29. The Morgan fingerprint density at radius 3 is 3.00 bits per heavy atom. The van der Waals surface area contributed by atoms with Gasteiger partial charge in [0.1, 0.15) is 12.3 Å². The van der Waals surface area contributed by atoms with Crippen LogP contribution >= 0.6 is 0 Å². The number of anilines is 1. The lowest BCUT2D eigenvalue weighted by Crippen LogP contribution is -2.37. The van der Waals surface area contributed by atoms with Gasteiger partial charge < -0.3 is 18.6 Å². The summed E-state index contributed by atoms with van der Waals surface area (Å²) >= 11 is 0. The number of aromatic nitrogens is 1. The maximum Gasteiger partial charge on any atom is 0.252 e. The van der Waals surface area contributed by atoms with Gasteiger partial charge in [0.2, 0.25) is 5.76 Å². The van der Waals surface area contributed by atoms with Crippen LogP contribution in [0.1, 0.15) is 17.7 Å². The van der Waals surface area contributed by atoms with Crippen LogP contribution in [0.2, 0.25) is 0 Å². The van der Waals surface area contributed by atoms with Crippen molar-refractivity contribution in [2.45, 2.75) is 19.4 Å². The molecule has 0 N–H and O–H groups in total. The first-order valence-corrected chi connectivity index (χ1v) is 8.27. The lowest BCUT2D eigenvalue weighted by atomic mass is 10.0. The summed E-state index contributed by atoms with van der Waals surface area (Å²) in [4.78, 5) is 14.3. The number of hydrogen-bond donors (Lipinski definition) is 0. The smallest absolute Gasteiger partial charge is 0.252 e. The van der Waals surface area contributed by atoms with E-state index < -0.39 is 0 Å². The number of hydrogen-bond acceptors (Lipinski definition) is 5. The van der Waals surface area contributed by atoms with Crippen molar-refractivity contribution in [3.8, 4) is 11.5 Å². The molecule has 0 saturated carbocycles. The molecule has 0 aliphatic carbocycles. The minimum absolute atomic E-state index is 0.0112. The normalized spacial score (nSPS) is 13.7. The first-order chi connectivity index (χ1) is 12.3. The average molecular weight is 338 g/mol. The molecule has 1 aromatic carbocycles. The van der Waals surface area contributed by atoms with Gasteiger partial charge in [0, 0.05) is 18.3 Å². The maximum absolute atomic E-state index is 12.5. The number of carbonyl (C=O) groups excluding carboxylic acids is 1. The number of aryl methyl sites for hydroxylation is 1. The van der Waals surface area contributed by atoms with E-state index in [9.17, 15) is 4.79 Å². The first-order valence-electron chi connectivity index (χ1n) is 8.27. The van der Waals surface area contributed by atoms with Crippen LogP contribution in [0, 0.1) is 0 Å². The summed E-state index contributed by atoms with van der Waals surface area (Å²) in [7, 11) is 0. The van der Waals surface area contributed by atoms with Crippen LogP contribution in [0.5, 0.6) is 0 Å². The SMILES string of the molecule is O=C(COCc1cc(-c2ccco2)on1)N1CCCc2ccccc21. The van der Waals surface area contributed by atoms with E-state index in [-0.39, 0.29) is 19.1 Å². The van der Waals surface area contributed by atoms with E-state index in [0.29, 0.717) is 17.2 Å². The molecule has 25 heavy (non-hydrogen) atoms. The van der Waals surface area contributed by atoms with Crippen molar-refractivity contribution in [2.75, 3.05) is 18.1 Å². The van der Waals surface area contributed by atoms with Crippen LogP contribution in [0.3, 0.4) is 0 Å². The van der Waals surface area contributed by atoms with Crippen LogP contribution < -0.4 is 4.90 Å².